The van der Waals surface area contributed by atoms with Gasteiger partial charge in [0.25, 0.3) is 5.91 Å². The maximum atomic E-state index is 12.7. The minimum Gasteiger partial charge on any atom is -0.463 e. The number of hydrogen-bond acceptors (Lipinski definition) is 5. The number of hydrogen-bond donors (Lipinski definition) is 2. The molecule has 0 aromatic carbocycles. The van der Waals surface area contributed by atoms with Crippen molar-refractivity contribution < 1.29 is 9.21 Å². The molecule has 7 heteroatoms. The second-order valence-corrected chi connectivity index (χ2v) is 6.17. The molecule has 7 nitrogen and oxygen atoms in total. The molecule has 3 heterocycles. The molecule has 0 fully saturated rings. The zero-order valence-corrected chi connectivity index (χ0v) is 14.7. The Bertz CT molecular complexity index is 852. The van der Waals surface area contributed by atoms with Crippen molar-refractivity contribution in [2.24, 2.45) is 0 Å². The normalized spacial score (nSPS) is 11.4. The van der Waals surface area contributed by atoms with Crippen molar-refractivity contribution in [2.75, 3.05) is 20.1 Å². The third-order valence-electron chi connectivity index (χ3n) is 3.96. The minimum atomic E-state index is -0.125. The number of fused-ring (bicyclic) bond motifs is 1. The van der Waals surface area contributed by atoms with Crippen LogP contribution in [0, 0.1) is 0 Å². The highest BCUT2D eigenvalue weighted by Gasteiger charge is 2.19. The highest BCUT2D eigenvalue weighted by atomic mass is 16.3. The molecule has 0 aliphatic carbocycles. The van der Waals surface area contributed by atoms with E-state index in [0.717, 1.165) is 18.4 Å². The smallest absolute Gasteiger partial charge is 0.252 e. The molecule has 0 spiro atoms. The van der Waals surface area contributed by atoms with Crippen molar-refractivity contribution in [1.29, 1.82) is 0 Å². The molecule has 132 valence electrons. The van der Waals surface area contributed by atoms with E-state index < -0.39 is 0 Å². The first-order valence-corrected chi connectivity index (χ1v) is 8.46. The molecule has 0 saturated carbocycles. The number of carbonyl (C=O) groups is 1. The summed E-state index contributed by atoms with van der Waals surface area (Å²) >= 11 is 0. The van der Waals surface area contributed by atoms with E-state index in [1.54, 1.807) is 24.6 Å². The quantitative estimate of drug-likeness (QED) is 0.645. The van der Waals surface area contributed by atoms with Gasteiger partial charge in [0.2, 0.25) is 0 Å². The molecule has 0 saturated heterocycles. The number of carbonyl (C=O) groups excluding carboxylic acids is 1. The Labute approximate surface area is 146 Å². The summed E-state index contributed by atoms with van der Waals surface area (Å²) in [4.78, 5) is 17.4. The Morgan fingerprint density at radius 2 is 2.20 bits per heavy atom. The van der Waals surface area contributed by atoms with Gasteiger partial charge in [-0.15, -0.1) is 0 Å². The fraction of sp³-hybridized carbons (Fsp3) is 0.389. The molecule has 1 amide bonds. The predicted octanol–water partition coefficient (Wildman–Crippen LogP) is 2.61. The van der Waals surface area contributed by atoms with Crippen molar-refractivity contribution in [3.63, 3.8) is 0 Å². The Morgan fingerprint density at radius 3 is 2.88 bits per heavy atom. The van der Waals surface area contributed by atoms with E-state index in [0.29, 0.717) is 29.2 Å². The van der Waals surface area contributed by atoms with Gasteiger partial charge in [-0.3, -0.25) is 4.79 Å². The fourth-order valence-corrected chi connectivity index (χ4v) is 2.70. The summed E-state index contributed by atoms with van der Waals surface area (Å²) in [7, 11) is 1.89. The monoisotopic (exact) mass is 341 g/mol. The van der Waals surface area contributed by atoms with E-state index in [9.17, 15) is 4.79 Å². The van der Waals surface area contributed by atoms with Gasteiger partial charge in [0, 0.05) is 12.6 Å². The van der Waals surface area contributed by atoms with Crippen LogP contribution in [0.5, 0.6) is 0 Å². The SMILES string of the molecule is CNCCCNC(=O)c1cc(-c2ccco2)nc2c1cnn2C(C)C. The van der Waals surface area contributed by atoms with Crippen LogP contribution in [0.2, 0.25) is 0 Å². The molecule has 0 bridgehead atoms. The maximum absolute atomic E-state index is 12.7. The third-order valence-corrected chi connectivity index (χ3v) is 3.96. The molecule has 0 radical (unpaired) electrons. The van der Waals surface area contributed by atoms with E-state index in [1.807, 2.05) is 31.6 Å². The van der Waals surface area contributed by atoms with Crippen molar-refractivity contribution in [3.8, 4) is 11.5 Å². The Morgan fingerprint density at radius 1 is 1.36 bits per heavy atom. The summed E-state index contributed by atoms with van der Waals surface area (Å²) in [6, 6.07) is 5.54. The molecule has 3 aromatic heterocycles. The number of furan rings is 1. The highest BCUT2D eigenvalue weighted by molar-refractivity contribution is 6.06. The van der Waals surface area contributed by atoms with Gasteiger partial charge in [0.15, 0.2) is 11.4 Å². The third kappa shape index (κ3) is 3.56. The van der Waals surface area contributed by atoms with Crippen molar-refractivity contribution >= 4 is 16.9 Å². The number of rotatable bonds is 7. The second kappa shape index (κ2) is 7.48. The van der Waals surface area contributed by atoms with Gasteiger partial charge in [-0.25, -0.2) is 9.67 Å². The Balaban J connectivity index is 2.02. The number of pyridine rings is 1. The van der Waals surface area contributed by atoms with Gasteiger partial charge in [-0.1, -0.05) is 0 Å². The van der Waals surface area contributed by atoms with Gasteiger partial charge < -0.3 is 15.1 Å². The number of nitrogens with zero attached hydrogens (tertiary/aromatic N) is 3. The van der Waals surface area contributed by atoms with E-state index in [4.69, 9.17) is 4.42 Å². The average molecular weight is 341 g/mol. The fourth-order valence-electron chi connectivity index (χ4n) is 2.70. The van der Waals surface area contributed by atoms with Crippen LogP contribution in [0.4, 0.5) is 0 Å². The number of nitrogens with one attached hydrogen (secondary N) is 2. The zero-order valence-electron chi connectivity index (χ0n) is 14.7. The molecule has 2 N–H and O–H groups in total. The molecule has 0 unspecified atom stereocenters. The molecular formula is C18H23N5O2. The number of aromatic nitrogens is 3. The lowest BCUT2D eigenvalue weighted by atomic mass is 10.1. The van der Waals surface area contributed by atoms with E-state index >= 15 is 0 Å². The van der Waals surface area contributed by atoms with Gasteiger partial charge >= 0.3 is 0 Å². The van der Waals surface area contributed by atoms with Crippen molar-refractivity contribution in [2.45, 2.75) is 26.3 Å². The maximum Gasteiger partial charge on any atom is 0.252 e. The van der Waals surface area contributed by atoms with E-state index in [2.05, 4.69) is 20.7 Å². The first-order valence-electron chi connectivity index (χ1n) is 8.46. The molecule has 0 atom stereocenters. The topological polar surface area (TPSA) is 85.0 Å². The van der Waals surface area contributed by atoms with E-state index in [-0.39, 0.29) is 11.9 Å². The summed E-state index contributed by atoms with van der Waals surface area (Å²) in [6.07, 6.45) is 4.17. The summed E-state index contributed by atoms with van der Waals surface area (Å²) < 4.78 is 7.28. The first kappa shape index (κ1) is 17.2. The number of amides is 1. The van der Waals surface area contributed by atoms with Gasteiger partial charge in [0.05, 0.1) is 23.4 Å². The predicted molar refractivity (Wildman–Crippen MR) is 96.5 cm³/mol. The lowest BCUT2D eigenvalue weighted by molar-refractivity contribution is 0.0955. The van der Waals surface area contributed by atoms with Crippen LogP contribution in [0.1, 0.15) is 36.7 Å². The average Bonchev–Trinajstić information content (AvgIpc) is 3.26. The second-order valence-electron chi connectivity index (χ2n) is 6.17. The van der Waals surface area contributed by atoms with Gasteiger partial charge in [-0.2, -0.15) is 5.10 Å². The lowest BCUT2D eigenvalue weighted by Crippen LogP contribution is -2.26. The summed E-state index contributed by atoms with van der Waals surface area (Å²) in [5, 5.41) is 11.2. The standard InChI is InChI=1S/C18H23N5O2/c1-12(2)23-17-14(11-21-23)13(18(24)20-8-5-7-19-3)10-15(22-17)16-6-4-9-25-16/h4,6,9-12,19H,5,7-8H2,1-3H3,(H,20,24). The van der Waals surface area contributed by atoms with Crippen LogP contribution < -0.4 is 10.6 Å². The molecule has 3 aromatic rings. The molecule has 0 aliphatic rings. The molecular weight excluding hydrogens is 318 g/mol. The first-order chi connectivity index (χ1) is 12.1. The van der Waals surface area contributed by atoms with Crippen LogP contribution in [0.3, 0.4) is 0 Å². The van der Waals surface area contributed by atoms with Crippen molar-refractivity contribution in [1.82, 2.24) is 25.4 Å². The van der Waals surface area contributed by atoms with Crippen LogP contribution in [-0.2, 0) is 0 Å². The molecule has 3 rings (SSSR count). The summed E-state index contributed by atoms with van der Waals surface area (Å²) in [5.74, 6) is 0.502. The highest BCUT2D eigenvalue weighted by Crippen LogP contribution is 2.26. The summed E-state index contributed by atoms with van der Waals surface area (Å²) in [5.41, 5.74) is 1.87. The van der Waals surface area contributed by atoms with Crippen LogP contribution in [0.25, 0.3) is 22.5 Å². The van der Waals surface area contributed by atoms with Gasteiger partial charge in [-0.05, 0) is 52.1 Å². The van der Waals surface area contributed by atoms with Crippen LogP contribution >= 0.6 is 0 Å². The van der Waals surface area contributed by atoms with Crippen molar-refractivity contribution in [3.05, 3.63) is 36.2 Å². The van der Waals surface area contributed by atoms with Crippen LogP contribution in [0.15, 0.2) is 35.1 Å². The lowest BCUT2D eigenvalue weighted by Gasteiger charge is -2.10. The molecule has 0 aliphatic heterocycles. The molecule has 25 heavy (non-hydrogen) atoms. The summed E-state index contributed by atoms with van der Waals surface area (Å²) in [6.45, 7) is 5.53. The zero-order chi connectivity index (χ0) is 17.8. The largest absolute Gasteiger partial charge is 0.463 e. The van der Waals surface area contributed by atoms with Crippen LogP contribution in [-0.4, -0.2) is 40.8 Å². The van der Waals surface area contributed by atoms with E-state index in [1.165, 1.54) is 0 Å². The Kier molecular flexibility index (Phi) is 5.14. The Hall–Kier alpha value is -2.67. The van der Waals surface area contributed by atoms with Gasteiger partial charge in [0.1, 0.15) is 5.69 Å². The minimum absolute atomic E-state index is 0.125.